The second-order valence-electron chi connectivity index (χ2n) is 4.84. The molecule has 1 saturated heterocycles. The molecule has 1 heterocycles. The normalized spacial score (nSPS) is 24.8. The minimum Gasteiger partial charge on any atom is -0.465 e. The molecule has 0 amide bonds. The second-order valence-corrected chi connectivity index (χ2v) is 4.84. The van der Waals surface area contributed by atoms with Crippen molar-refractivity contribution in [1.29, 1.82) is 0 Å². The topological polar surface area (TPSA) is 49.8 Å². The highest BCUT2D eigenvalue weighted by Gasteiger charge is 2.27. The number of ether oxygens (including phenoxy) is 1. The Morgan fingerprint density at radius 1 is 1.39 bits per heavy atom. The van der Waals surface area contributed by atoms with Gasteiger partial charge in [0.2, 0.25) is 0 Å². The molecule has 0 bridgehead atoms. The molecule has 2 unspecified atom stereocenters. The van der Waals surface area contributed by atoms with Gasteiger partial charge in [0.25, 0.3) is 0 Å². The van der Waals surface area contributed by atoms with E-state index in [9.17, 15) is 9.90 Å². The van der Waals surface area contributed by atoms with Crippen molar-refractivity contribution in [2.45, 2.75) is 18.4 Å². The minimum atomic E-state index is -0.340. The first kappa shape index (κ1) is 13.1. The maximum atomic E-state index is 11.3. The van der Waals surface area contributed by atoms with Crippen molar-refractivity contribution in [1.82, 2.24) is 4.90 Å². The number of hydrogen-bond acceptors (Lipinski definition) is 4. The maximum absolute atomic E-state index is 11.3. The molecule has 1 aromatic rings. The zero-order valence-electron chi connectivity index (χ0n) is 10.8. The van der Waals surface area contributed by atoms with Crippen LogP contribution in [0.2, 0.25) is 0 Å². The lowest BCUT2D eigenvalue weighted by molar-refractivity contribution is 0.0600. The van der Waals surface area contributed by atoms with Crippen LogP contribution in [0, 0.1) is 0 Å². The minimum absolute atomic E-state index is 0.160. The number of rotatable bonds is 2. The van der Waals surface area contributed by atoms with E-state index < -0.39 is 0 Å². The number of aliphatic hydroxyl groups is 1. The van der Waals surface area contributed by atoms with Crippen LogP contribution in [-0.4, -0.2) is 49.3 Å². The molecular weight excluding hydrogens is 230 g/mol. The molecular formula is C14H19NO3. The molecule has 98 valence electrons. The molecule has 0 aliphatic carbocycles. The predicted octanol–water partition coefficient (Wildman–Crippen LogP) is 1.25. The number of likely N-dealkylation sites (N-methyl/N-ethyl adjacent to an activating group) is 1. The fourth-order valence-electron chi connectivity index (χ4n) is 2.46. The first-order valence-corrected chi connectivity index (χ1v) is 6.16. The lowest BCUT2D eigenvalue weighted by atomic mass is 9.87. The average molecular weight is 249 g/mol. The van der Waals surface area contributed by atoms with Crippen molar-refractivity contribution in [3.8, 4) is 0 Å². The monoisotopic (exact) mass is 249 g/mol. The van der Waals surface area contributed by atoms with Crippen LogP contribution in [0.15, 0.2) is 24.3 Å². The molecule has 2 rings (SSSR count). The molecule has 18 heavy (non-hydrogen) atoms. The van der Waals surface area contributed by atoms with Crippen LogP contribution in [0.5, 0.6) is 0 Å². The van der Waals surface area contributed by atoms with Gasteiger partial charge in [-0.15, -0.1) is 0 Å². The number of nitrogens with zero attached hydrogens (tertiary/aromatic N) is 1. The number of carbonyl (C=O) groups excluding carboxylic acids is 1. The first-order chi connectivity index (χ1) is 8.61. The second kappa shape index (κ2) is 5.50. The van der Waals surface area contributed by atoms with Gasteiger partial charge < -0.3 is 14.7 Å². The lowest BCUT2D eigenvalue weighted by Crippen LogP contribution is -2.40. The molecule has 1 N–H and O–H groups in total. The van der Waals surface area contributed by atoms with Gasteiger partial charge in [-0.1, -0.05) is 12.1 Å². The predicted molar refractivity (Wildman–Crippen MR) is 68.6 cm³/mol. The van der Waals surface area contributed by atoms with Crippen LogP contribution in [0.1, 0.15) is 28.3 Å². The van der Waals surface area contributed by atoms with Crippen LogP contribution in [0.4, 0.5) is 0 Å². The van der Waals surface area contributed by atoms with Gasteiger partial charge in [-0.25, -0.2) is 4.79 Å². The van der Waals surface area contributed by atoms with Gasteiger partial charge in [0, 0.05) is 12.5 Å². The zero-order chi connectivity index (χ0) is 13.1. The summed E-state index contributed by atoms with van der Waals surface area (Å²) in [5.41, 5.74) is 1.63. The van der Waals surface area contributed by atoms with E-state index >= 15 is 0 Å². The Morgan fingerprint density at radius 2 is 2.06 bits per heavy atom. The number of likely N-dealkylation sites (tertiary alicyclic amines) is 1. The number of carbonyl (C=O) groups is 1. The van der Waals surface area contributed by atoms with Crippen molar-refractivity contribution in [2.75, 3.05) is 27.2 Å². The van der Waals surface area contributed by atoms with E-state index in [0.29, 0.717) is 12.1 Å². The van der Waals surface area contributed by atoms with Crippen LogP contribution in [0.3, 0.4) is 0 Å². The summed E-state index contributed by atoms with van der Waals surface area (Å²) in [7, 11) is 3.39. The zero-order valence-corrected chi connectivity index (χ0v) is 10.8. The fraction of sp³-hybridized carbons (Fsp3) is 0.500. The summed E-state index contributed by atoms with van der Waals surface area (Å²) in [6.07, 6.45) is 0.600. The summed E-state index contributed by atoms with van der Waals surface area (Å²) in [5.74, 6) is -0.168. The lowest BCUT2D eigenvalue weighted by Gasteiger charge is -2.34. The van der Waals surface area contributed by atoms with Crippen LogP contribution in [0.25, 0.3) is 0 Å². The highest BCUT2D eigenvalue weighted by Crippen LogP contribution is 2.28. The van der Waals surface area contributed by atoms with Crippen molar-refractivity contribution in [3.05, 3.63) is 35.4 Å². The van der Waals surface area contributed by atoms with Crippen molar-refractivity contribution >= 4 is 5.97 Å². The Balaban J connectivity index is 2.12. The van der Waals surface area contributed by atoms with Gasteiger partial charge in [-0.05, 0) is 37.7 Å². The molecule has 0 radical (unpaired) electrons. The summed E-state index contributed by atoms with van der Waals surface area (Å²) in [6, 6.07) is 7.33. The third-order valence-corrected chi connectivity index (χ3v) is 3.54. The largest absolute Gasteiger partial charge is 0.465 e. The van der Waals surface area contributed by atoms with Gasteiger partial charge in [-0.3, -0.25) is 0 Å². The number of β-amino-alcohol motifs (C(OH)–C–C–N with tert-alkyl or cyclic N) is 1. The number of esters is 1. The molecule has 0 aromatic heterocycles. The maximum Gasteiger partial charge on any atom is 0.337 e. The number of methoxy groups -OCH3 is 1. The van der Waals surface area contributed by atoms with E-state index in [1.54, 1.807) is 12.1 Å². The number of hydrogen-bond donors (Lipinski definition) is 1. The molecule has 0 spiro atoms. The standard InChI is InChI=1S/C14H19NO3/c1-15-8-7-12(13(16)9-15)10-3-5-11(6-4-10)14(17)18-2/h3-6,12-13,16H,7-9H2,1-2H3. The molecule has 0 saturated carbocycles. The molecule has 2 atom stereocenters. The van der Waals surface area contributed by atoms with Gasteiger partial charge >= 0.3 is 5.97 Å². The van der Waals surface area contributed by atoms with Crippen molar-refractivity contribution in [2.24, 2.45) is 0 Å². The Kier molecular flexibility index (Phi) is 3.99. The quantitative estimate of drug-likeness (QED) is 0.802. The Morgan fingerprint density at radius 3 is 2.61 bits per heavy atom. The summed E-state index contributed by atoms with van der Waals surface area (Å²) in [5, 5.41) is 10.1. The SMILES string of the molecule is COC(=O)c1ccc(C2CCN(C)CC2O)cc1. The summed E-state index contributed by atoms with van der Waals surface area (Å²) < 4.78 is 4.66. The molecule has 1 aromatic carbocycles. The smallest absolute Gasteiger partial charge is 0.337 e. The van der Waals surface area contributed by atoms with Crippen LogP contribution >= 0.6 is 0 Å². The van der Waals surface area contributed by atoms with E-state index in [1.807, 2.05) is 19.2 Å². The van der Waals surface area contributed by atoms with Gasteiger partial charge in [0.1, 0.15) is 0 Å². The van der Waals surface area contributed by atoms with E-state index in [4.69, 9.17) is 0 Å². The molecule has 1 aliphatic rings. The van der Waals surface area contributed by atoms with E-state index in [2.05, 4.69) is 9.64 Å². The first-order valence-electron chi connectivity index (χ1n) is 6.16. The van der Waals surface area contributed by atoms with E-state index in [1.165, 1.54) is 7.11 Å². The highest BCUT2D eigenvalue weighted by molar-refractivity contribution is 5.89. The third-order valence-electron chi connectivity index (χ3n) is 3.54. The fourth-order valence-corrected chi connectivity index (χ4v) is 2.46. The van der Waals surface area contributed by atoms with E-state index in [-0.39, 0.29) is 18.0 Å². The van der Waals surface area contributed by atoms with Crippen molar-refractivity contribution < 1.29 is 14.6 Å². The molecule has 4 nitrogen and oxygen atoms in total. The summed E-state index contributed by atoms with van der Waals surface area (Å²) >= 11 is 0. The Bertz CT molecular complexity index is 416. The van der Waals surface area contributed by atoms with Crippen molar-refractivity contribution in [3.63, 3.8) is 0 Å². The van der Waals surface area contributed by atoms with E-state index in [0.717, 1.165) is 18.5 Å². The van der Waals surface area contributed by atoms with Crippen LogP contribution in [-0.2, 0) is 4.74 Å². The van der Waals surface area contributed by atoms with Gasteiger partial charge in [0.15, 0.2) is 0 Å². The molecule has 1 fully saturated rings. The Hall–Kier alpha value is -1.39. The highest BCUT2D eigenvalue weighted by atomic mass is 16.5. The average Bonchev–Trinajstić information content (AvgIpc) is 2.38. The Labute approximate surface area is 107 Å². The molecule has 4 heteroatoms. The van der Waals surface area contributed by atoms with Gasteiger partial charge in [-0.2, -0.15) is 0 Å². The number of benzene rings is 1. The molecule has 1 aliphatic heterocycles. The number of piperidine rings is 1. The third kappa shape index (κ3) is 2.71. The number of aliphatic hydroxyl groups excluding tert-OH is 1. The summed E-state index contributed by atoms with van der Waals surface area (Å²) in [4.78, 5) is 13.5. The van der Waals surface area contributed by atoms with Gasteiger partial charge in [0.05, 0.1) is 18.8 Å². The summed E-state index contributed by atoms with van der Waals surface area (Å²) in [6.45, 7) is 1.68. The van der Waals surface area contributed by atoms with Crippen LogP contribution < -0.4 is 0 Å².